The highest BCUT2D eigenvalue weighted by atomic mass is 79.9. The van der Waals surface area contributed by atoms with E-state index in [1.165, 1.54) is 4.90 Å². The quantitative estimate of drug-likeness (QED) is 0.495. The Balaban J connectivity index is 1.66. The van der Waals surface area contributed by atoms with E-state index >= 15 is 0 Å². The predicted molar refractivity (Wildman–Crippen MR) is 92.8 cm³/mol. The number of aromatic nitrogens is 2. The van der Waals surface area contributed by atoms with E-state index < -0.39 is 6.04 Å². The summed E-state index contributed by atoms with van der Waals surface area (Å²) in [5.74, 6) is -0.201. The molecule has 7 heteroatoms. The van der Waals surface area contributed by atoms with Crippen LogP contribution in [0.15, 0.2) is 57.8 Å². The normalized spacial score (nSPS) is 14.7. The number of nitrogens with zero attached hydrogens (tertiary/aromatic N) is 3. The maximum Gasteiger partial charge on any atom is 0.262 e. The van der Waals surface area contributed by atoms with Gasteiger partial charge in [-0.25, -0.2) is 4.98 Å². The molecular weight excluding hydrogens is 386 g/mol. The van der Waals surface area contributed by atoms with E-state index in [9.17, 15) is 9.59 Å². The van der Waals surface area contributed by atoms with Crippen LogP contribution in [0.1, 0.15) is 39.4 Å². The van der Waals surface area contributed by atoms with E-state index in [-0.39, 0.29) is 11.8 Å². The molecule has 3 aromatic rings. The van der Waals surface area contributed by atoms with Crippen LogP contribution in [0, 0.1) is 0 Å². The lowest BCUT2D eigenvalue weighted by Crippen LogP contribution is -2.32. The number of halogens is 1. The summed E-state index contributed by atoms with van der Waals surface area (Å²) in [5, 5.41) is 4.05. The lowest BCUT2D eigenvalue weighted by atomic mass is 10.1. The molecule has 1 aliphatic rings. The summed E-state index contributed by atoms with van der Waals surface area (Å²) in [6.07, 6.45) is 1.65. The Labute approximate surface area is 151 Å². The van der Waals surface area contributed by atoms with Gasteiger partial charge in [0.15, 0.2) is 5.76 Å². The average molecular weight is 398 g/mol. The number of carbonyl (C=O) groups is 2. The van der Waals surface area contributed by atoms with Gasteiger partial charge in [-0.2, -0.15) is 0 Å². The largest absolute Gasteiger partial charge is 0.359 e. The summed E-state index contributed by atoms with van der Waals surface area (Å²) < 4.78 is 6.08. The van der Waals surface area contributed by atoms with Crippen LogP contribution < -0.4 is 0 Å². The number of benzene rings is 1. The molecule has 1 atom stereocenters. The first-order valence-electron chi connectivity index (χ1n) is 7.61. The minimum absolute atomic E-state index is 0.322. The molecule has 6 nitrogen and oxygen atoms in total. The van der Waals surface area contributed by atoms with Crippen molar-refractivity contribution in [2.24, 2.45) is 0 Å². The van der Waals surface area contributed by atoms with E-state index in [4.69, 9.17) is 4.52 Å². The smallest absolute Gasteiger partial charge is 0.262 e. The van der Waals surface area contributed by atoms with Crippen molar-refractivity contribution < 1.29 is 14.1 Å². The maximum atomic E-state index is 12.6. The topological polar surface area (TPSA) is 76.3 Å². The van der Waals surface area contributed by atoms with Crippen LogP contribution in [0.4, 0.5) is 0 Å². The second kappa shape index (κ2) is 5.93. The Kier molecular flexibility index (Phi) is 3.73. The molecule has 0 N–H and O–H groups in total. The summed E-state index contributed by atoms with van der Waals surface area (Å²) in [5.41, 5.74) is 2.27. The number of amides is 2. The van der Waals surface area contributed by atoms with Crippen molar-refractivity contribution >= 4 is 27.7 Å². The summed E-state index contributed by atoms with van der Waals surface area (Å²) >= 11 is 3.31. The Hall–Kier alpha value is -2.80. The lowest BCUT2D eigenvalue weighted by molar-refractivity contribution is 0.0573. The van der Waals surface area contributed by atoms with Gasteiger partial charge >= 0.3 is 0 Å². The molecule has 124 valence electrons. The second-order valence-corrected chi connectivity index (χ2v) is 6.50. The number of rotatable bonds is 3. The molecule has 0 spiro atoms. The highest BCUT2D eigenvalue weighted by Crippen LogP contribution is 2.32. The highest BCUT2D eigenvalue weighted by Gasteiger charge is 2.39. The first kappa shape index (κ1) is 15.7. The Morgan fingerprint density at radius 3 is 2.40 bits per heavy atom. The van der Waals surface area contributed by atoms with Crippen molar-refractivity contribution in [1.29, 1.82) is 0 Å². The monoisotopic (exact) mass is 397 g/mol. The summed E-state index contributed by atoms with van der Waals surface area (Å²) in [7, 11) is 0. The molecule has 3 heterocycles. The van der Waals surface area contributed by atoms with Gasteiger partial charge in [0.05, 0.1) is 17.2 Å². The van der Waals surface area contributed by atoms with Gasteiger partial charge in [0, 0.05) is 17.8 Å². The molecule has 25 heavy (non-hydrogen) atoms. The first-order chi connectivity index (χ1) is 12.1. The molecule has 0 bridgehead atoms. The average Bonchev–Trinajstić information content (AvgIpc) is 3.20. The molecule has 0 saturated carbocycles. The standard InChI is InChI=1S/C18H12BrN3O3/c1-10(22-17(23)12-4-2-3-5-13(12)18(22)24)15-9-14(21-25-15)11-6-7-20-16(19)8-11/h2-10H,1H3/t10-/m1/s1. The van der Waals surface area contributed by atoms with Gasteiger partial charge in [-0.05, 0) is 47.1 Å². The van der Waals surface area contributed by atoms with Crippen molar-refractivity contribution in [2.75, 3.05) is 0 Å². The Morgan fingerprint density at radius 1 is 1.08 bits per heavy atom. The number of hydrogen-bond acceptors (Lipinski definition) is 5. The Morgan fingerprint density at radius 2 is 1.76 bits per heavy atom. The third kappa shape index (κ3) is 2.56. The van der Waals surface area contributed by atoms with Crippen LogP contribution in [0.2, 0.25) is 0 Å². The number of imide groups is 1. The second-order valence-electron chi connectivity index (χ2n) is 5.68. The zero-order valence-electron chi connectivity index (χ0n) is 13.1. The van der Waals surface area contributed by atoms with Crippen molar-refractivity contribution in [3.63, 3.8) is 0 Å². The molecule has 1 aromatic carbocycles. The first-order valence-corrected chi connectivity index (χ1v) is 8.41. The number of carbonyl (C=O) groups excluding carboxylic acids is 2. The van der Waals surface area contributed by atoms with E-state index in [0.29, 0.717) is 27.2 Å². The lowest BCUT2D eigenvalue weighted by Gasteiger charge is -2.19. The zero-order valence-corrected chi connectivity index (χ0v) is 14.7. The van der Waals surface area contributed by atoms with Crippen LogP contribution in [0.25, 0.3) is 11.3 Å². The predicted octanol–water partition coefficient (Wildman–Crippen LogP) is 3.86. The summed E-state index contributed by atoms with van der Waals surface area (Å²) in [4.78, 5) is 30.4. The van der Waals surface area contributed by atoms with Crippen molar-refractivity contribution in [2.45, 2.75) is 13.0 Å². The van der Waals surface area contributed by atoms with E-state index in [0.717, 1.165) is 5.56 Å². The van der Waals surface area contributed by atoms with E-state index in [1.807, 2.05) is 6.07 Å². The van der Waals surface area contributed by atoms with Gasteiger partial charge in [-0.1, -0.05) is 17.3 Å². The SMILES string of the molecule is C[C@H](c1cc(-c2ccnc(Br)c2)no1)N1C(=O)c2ccccc2C1=O. The van der Waals surface area contributed by atoms with Crippen LogP contribution in [-0.2, 0) is 0 Å². The van der Waals surface area contributed by atoms with Gasteiger partial charge in [0.2, 0.25) is 0 Å². The van der Waals surface area contributed by atoms with Gasteiger partial charge in [0.1, 0.15) is 10.3 Å². The van der Waals surface area contributed by atoms with Crippen molar-refractivity contribution in [1.82, 2.24) is 15.0 Å². The molecule has 0 unspecified atom stereocenters. The third-order valence-corrected chi connectivity index (χ3v) is 4.61. The van der Waals surface area contributed by atoms with Crippen LogP contribution in [0.3, 0.4) is 0 Å². The molecule has 4 rings (SSSR count). The third-order valence-electron chi connectivity index (χ3n) is 4.18. The molecule has 2 amide bonds. The molecule has 0 fully saturated rings. The maximum absolute atomic E-state index is 12.6. The zero-order chi connectivity index (χ0) is 17.6. The van der Waals surface area contributed by atoms with Crippen LogP contribution in [-0.4, -0.2) is 26.9 Å². The summed E-state index contributed by atoms with van der Waals surface area (Å²) in [6.45, 7) is 1.74. The number of fused-ring (bicyclic) bond motifs is 1. The van der Waals surface area contributed by atoms with E-state index in [1.54, 1.807) is 49.5 Å². The minimum atomic E-state index is -0.557. The summed E-state index contributed by atoms with van der Waals surface area (Å²) in [6, 6.07) is 11.6. The molecule has 1 aliphatic heterocycles. The van der Waals surface area contributed by atoms with Gasteiger partial charge in [0.25, 0.3) is 11.8 Å². The van der Waals surface area contributed by atoms with Crippen LogP contribution >= 0.6 is 15.9 Å². The van der Waals surface area contributed by atoms with E-state index in [2.05, 4.69) is 26.1 Å². The highest BCUT2D eigenvalue weighted by molar-refractivity contribution is 9.10. The van der Waals surface area contributed by atoms with Gasteiger partial charge < -0.3 is 4.52 Å². The number of pyridine rings is 1. The molecule has 0 radical (unpaired) electrons. The molecule has 0 saturated heterocycles. The number of hydrogen-bond donors (Lipinski definition) is 0. The fraction of sp³-hybridized carbons (Fsp3) is 0.111. The fourth-order valence-corrected chi connectivity index (χ4v) is 3.24. The van der Waals surface area contributed by atoms with Crippen molar-refractivity contribution in [3.05, 3.63) is 70.2 Å². The van der Waals surface area contributed by atoms with Crippen molar-refractivity contribution in [3.8, 4) is 11.3 Å². The molecular formula is C18H12BrN3O3. The van der Waals surface area contributed by atoms with Crippen LogP contribution in [0.5, 0.6) is 0 Å². The molecule has 0 aliphatic carbocycles. The van der Waals surface area contributed by atoms with Gasteiger partial charge in [-0.15, -0.1) is 0 Å². The minimum Gasteiger partial charge on any atom is -0.359 e. The fourth-order valence-electron chi connectivity index (χ4n) is 2.87. The van der Waals surface area contributed by atoms with Gasteiger partial charge in [-0.3, -0.25) is 14.5 Å². The Bertz CT molecular complexity index is 963. The molecule has 2 aromatic heterocycles.